The Morgan fingerprint density at radius 1 is 1.22 bits per heavy atom. The van der Waals surface area contributed by atoms with Crippen molar-refractivity contribution in [1.82, 2.24) is 14.7 Å². The van der Waals surface area contributed by atoms with Gasteiger partial charge in [0.2, 0.25) is 0 Å². The maximum Gasteiger partial charge on any atom is 0.120 e. The average molecular weight is 367 g/mol. The summed E-state index contributed by atoms with van der Waals surface area (Å²) in [5.41, 5.74) is 1.27. The molecule has 1 unspecified atom stereocenters. The van der Waals surface area contributed by atoms with Crippen molar-refractivity contribution in [2.45, 2.75) is 18.6 Å². The molecule has 6 heteroatoms. The smallest absolute Gasteiger partial charge is 0.120 e. The van der Waals surface area contributed by atoms with Crippen molar-refractivity contribution in [3.05, 3.63) is 48.7 Å². The molecule has 2 N–H and O–H groups in total. The summed E-state index contributed by atoms with van der Waals surface area (Å²) in [7, 11) is 1.90. The van der Waals surface area contributed by atoms with Gasteiger partial charge in [-0.2, -0.15) is 5.10 Å². The van der Waals surface area contributed by atoms with E-state index in [-0.39, 0.29) is 6.61 Å². The van der Waals surface area contributed by atoms with Gasteiger partial charge in [-0.1, -0.05) is 24.3 Å². The van der Waals surface area contributed by atoms with E-state index >= 15 is 0 Å². The molecule has 1 fully saturated rings. The summed E-state index contributed by atoms with van der Waals surface area (Å²) >= 11 is 0. The van der Waals surface area contributed by atoms with Crippen molar-refractivity contribution in [2.24, 2.45) is 7.05 Å². The Bertz CT molecular complexity index is 943. The van der Waals surface area contributed by atoms with E-state index in [1.807, 2.05) is 54.5 Å². The van der Waals surface area contributed by atoms with Crippen molar-refractivity contribution >= 4 is 10.8 Å². The molecular formula is C21H25N3O3. The van der Waals surface area contributed by atoms with E-state index in [4.69, 9.17) is 4.74 Å². The summed E-state index contributed by atoms with van der Waals surface area (Å²) in [5, 5.41) is 26.7. The van der Waals surface area contributed by atoms with Gasteiger partial charge in [0.05, 0.1) is 11.3 Å². The fourth-order valence-corrected chi connectivity index (χ4v) is 3.73. The van der Waals surface area contributed by atoms with Crippen LogP contribution in [-0.2, 0) is 7.05 Å². The van der Waals surface area contributed by atoms with Crippen LogP contribution in [0.3, 0.4) is 0 Å². The molecule has 4 rings (SSSR count). The second-order valence-electron chi connectivity index (χ2n) is 7.70. The standard InChI is InChI=1S/C21H25N3O3/c1-21(26)13-24(14-21)11-16(25)12-27-17-9-15-5-3-4-6-18(15)19(10-17)20-7-8-23(2)22-20/h3-10,16,25-26H,11-14H2,1-2H3. The van der Waals surface area contributed by atoms with Crippen LogP contribution in [0.5, 0.6) is 5.75 Å². The minimum atomic E-state index is -0.628. The Balaban J connectivity index is 1.50. The Hall–Kier alpha value is -2.41. The number of nitrogens with zero attached hydrogens (tertiary/aromatic N) is 3. The number of hydrogen-bond donors (Lipinski definition) is 2. The van der Waals surface area contributed by atoms with E-state index in [1.54, 1.807) is 11.6 Å². The van der Waals surface area contributed by atoms with Gasteiger partial charge in [-0.25, -0.2) is 0 Å². The van der Waals surface area contributed by atoms with Gasteiger partial charge in [0.25, 0.3) is 0 Å². The van der Waals surface area contributed by atoms with Gasteiger partial charge in [0.1, 0.15) is 18.5 Å². The Kier molecular flexibility index (Phi) is 4.63. The Labute approximate surface area is 158 Å². The van der Waals surface area contributed by atoms with Crippen LogP contribution in [0, 0.1) is 0 Å². The van der Waals surface area contributed by atoms with E-state index in [2.05, 4.69) is 11.2 Å². The highest BCUT2D eigenvalue weighted by atomic mass is 16.5. The molecule has 0 spiro atoms. The average Bonchev–Trinajstić information content (AvgIpc) is 3.04. The number of hydrogen-bond acceptors (Lipinski definition) is 5. The molecule has 27 heavy (non-hydrogen) atoms. The summed E-state index contributed by atoms with van der Waals surface area (Å²) in [4.78, 5) is 2.02. The van der Waals surface area contributed by atoms with Gasteiger partial charge < -0.3 is 14.9 Å². The summed E-state index contributed by atoms with van der Waals surface area (Å²) < 4.78 is 7.67. The number of aliphatic hydroxyl groups is 2. The van der Waals surface area contributed by atoms with Crippen molar-refractivity contribution in [3.8, 4) is 17.0 Å². The number of aryl methyl sites for hydroxylation is 1. The van der Waals surface area contributed by atoms with E-state index in [0.29, 0.717) is 25.4 Å². The first kappa shape index (κ1) is 18.0. The maximum absolute atomic E-state index is 10.3. The van der Waals surface area contributed by atoms with Gasteiger partial charge in [-0.3, -0.25) is 9.58 Å². The molecule has 6 nitrogen and oxygen atoms in total. The second kappa shape index (κ2) is 6.96. The summed E-state index contributed by atoms with van der Waals surface area (Å²) in [6, 6.07) is 14.1. The minimum absolute atomic E-state index is 0.207. The molecule has 1 atom stereocenters. The fourth-order valence-electron chi connectivity index (χ4n) is 3.73. The van der Waals surface area contributed by atoms with Gasteiger partial charge in [-0.15, -0.1) is 0 Å². The Morgan fingerprint density at radius 3 is 2.70 bits per heavy atom. The van der Waals surface area contributed by atoms with Gasteiger partial charge in [0.15, 0.2) is 0 Å². The molecule has 142 valence electrons. The monoisotopic (exact) mass is 367 g/mol. The molecule has 1 aliphatic heterocycles. The number of β-amino-alcohol motifs (C(OH)–C–C–N with tert-alkyl or cyclic N) is 2. The van der Waals surface area contributed by atoms with Crippen LogP contribution < -0.4 is 4.74 Å². The van der Waals surface area contributed by atoms with Gasteiger partial charge in [-0.05, 0) is 35.9 Å². The van der Waals surface area contributed by atoms with E-state index in [0.717, 1.165) is 22.0 Å². The maximum atomic E-state index is 10.3. The van der Waals surface area contributed by atoms with Crippen LogP contribution in [0.4, 0.5) is 0 Å². The molecular weight excluding hydrogens is 342 g/mol. The van der Waals surface area contributed by atoms with E-state index in [1.165, 1.54) is 0 Å². The lowest BCUT2D eigenvalue weighted by atomic mass is 9.97. The highest BCUT2D eigenvalue weighted by Gasteiger charge is 2.37. The van der Waals surface area contributed by atoms with E-state index < -0.39 is 11.7 Å². The van der Waals surface area contributed by atoms with Crippen molar-refractivity contribution < 1.29 is 14.9 Å². The molecule has 2 aromatic carbocycles. The lowest BCUT2D eigenvalue weighted by Crippen LogP contribution is -2.61. The summed E-state index contributed by atoms with van der Waals surface area (Å²) in [6.45, 7) is 3.68. The highest BCUT2D eigenvalue weighted by molar-refractivity contribution is 5.97. The van der Waals surface area contributed by atoms with Crippen molar-refractivity contribution in [2.75, 3.05) is 26.2 Å². The first-order chi connectivity index (χ1) is 12.9. The molecule has 0 amide bonds. The molecule has 0 radical (unpaired) electrons. The minimum Gasteiger partial charge on any atom is -0.491 e. The zero-order valence-electron chi connectivity index (χ0n) is 15.7. The van der Waals surface area contributed by atoms with Crippen molar-refractivity contribution in [3.63, 3.8) is 0 Å². The lowest BCUT2D eigenvalue weighted by molar-refractivity contribution is -0.0978. The molecule has 1 saturated heterocycles. The third-order valence-corrected chi connectivity index (χ3v) is 4.86. The lowest BCUT2D eigenvalue weighted by Gasteiger charge is -2.44. The van der Waals surface area contributed by atoms with Crippen LogP contribution >= 0.6 is 0 Å². The Morgan fingerprint density at radius 2 is 2.00 bits per heavy atom. The predicted molar refractivity (Wildman–Crippen MR) is 105 cm³/mol. The van der Waals surface area contributed by atoms with Crippen LogP contribution in [0.15, 0.2) is 48.7 Å². The quantitative estimate of drug-likeness (QED) is 0.698. The largest absolute Gasteiger partial charge is 0.491 e. The topological polar surface area (TPSA) is 70.8 Å². The predicted octanol–water partition coefficient (Wildman–Crippen LogP) is 2.05. The highest BCUT2D eigenvalue weighted by Crippen LogP contribution is 2.32. The molecule has 0 bridgehead atoms. The SMILES string of the molecule is Cn1ccc(-c2cc(OCC(O)CN3CC(C)(O)C3)cc3ccccc23)n1. The molecule has 3 aromatic rings. The van der Waals surface area contributed by atoms with E-state index in [9.17, 15) is 10.2 Å². The molecule has 1 aliphatic rings. The normalized spacial score (nSPS) is 17.6. The van der Waals surface area contributed by atoms with Crippen LogP contribution in [0.2, 0.25) is 0 Å². The van der Waals surface area contributed by atoms with Crippen LogP contribution in [-0.4, -0.2) is 62.8 Å². The van der Waals surface area contributed by atoms with Gasteiger partial charge in [0, 0.05) is 38.4 Å². The molecule has 0 aliphatic carbocycles. The summed E-state index contributed by atoms with van der Waals surface area (Å²) in [6.07, 6.45) is 1.31. The number of aliphatic hydroxyl groups excluding tert-OH is 1. The van der Waals surface area contributed by atoms with Crippen molar-refractivity contribution in [1.29, 1.82) is 0 Å². The zero-order valence-corrected chi connectivity index (χ0v) is 15.7. The van der Waals surface area contributed by atoms with Crippen LogP contribution in [0.1, 0.15) is 6.92 Å². The van der Waals surface area contributed by atoms with Gasteiger partial charge >= 0.3 is 0 Å². The fraction of sp³-hybridized carbons (Fsp3) is 0.381. The number of likely N-dealkylation sites (tertiary alicyclic amines) is 1. The zero-order chi connectivity index (χ0) is 19.0. The molecule has 0 saturated carbocycles. The first-order valence-electron chi connectivity index (χ1n) is 9.18. The third-order valence-electron chi connectivity index (χ3n) is 4.86. The molecule has 2 heterocycles. The number of benzene rings is 2. The summed E-state index contributed by atoms with van der Waals surface area (Å²) in [5.74, 6) is 0.712. The number of fused-ring (bicyclic) bond motifs is 1. The third kappa shape index (κ3) is 3.98. The second-order valence-corrected chi connectivity index (χ2v) is 7.70. The first-order valence-corrected chi connectivity index (χ1v) is 9.18. The number of ether oxygens (including phenoxy) is 1. The van der Waals surface area contributed by atoms with Crippen LogP contribution in [0.25, 0.3) is 22.0 Å². The number of rotatable bonds is 6. The molecule has 1 aromatic heterocycles. The number of aromatic nitrogens is 2.